The van der Waals surface area contributed by atoms with Gasteiger partial charge in [0.05, 0.1) is 25.0 Å². The highest BCUT2D eigenvalue weighted by Gasteiger charge is 2.20. The summed E-state index contributed by atoms with van der Waals surface area (Å²) in [5, 5.41) is 3.26. The molecule has 1 fully saturated rings. The fourth-order valence-electron chi connectivity index (χ4n) is 0.824. The lowest BCUT2D eigenvalue weighted by atomic mass is 10.2. The van der Waals surface area contributed by atoms with Gasteiger partial charge < -0.3 is 14.8 Å². The van der Waals surface area contributed by atoms with Crippen LogP contribution in [0.25, 0.3) is 0 Å². The van der Waals surface area contributed by atoms with Crippen LogP contribution >= 0.6 is 0 Å². The highest BCUT2D eigenvalue weighted by Crippen LogP contribution is 2.08. The summed E-state index contributed by atoms with van der Waals surface area (Å²) in [7, 11) is 0. The second kappa shape index (κ2) is 1.92. The molecule has 1 saturated heterocycles. The molecule has 2 rings (SSSR count). The highest BCUT2D eigenvalue weighted by atomic mass is 16.5. The van der Waals surface area contributed by atoms with Crippen molar-refractivity contribution in [2.75, 3.05) is 19.8 Å². The van der Waals surface area contributed by atoms with Crippen LogP contribution < -0.4 is 5.32 Å². The van der Waals surface area contributed by atoms with E-state index in [1.54, 1.807) is 6.26 Å². The molecular formula is C6H9NO2. The summed E-state index contributed by atoms with van der Waals surface area (Å²) in [6.07, 6.45) is 1.75. The van der Waals surface area contributed by atoms with Crippen molar-refractivity contribution in [2.24, 2.45) is 0 Å². The molecule has 2 heterocycles. The van der Waals surface area contributed by atoms with Gasteiger partial charge in [-0.25, -0.2) is 0 Å². The Kier molecular flexibility index (Phi) is 1.09. The molecule has 0 amide bonds. The quantitative estimate of drug-likeness (QED) is 0.559. The van der Waals surface area contributed by atoms with Crippen LogP contribution in [0.5, 0.6) is 0 Å². The average Bonchev–Trinajstić information content (AvgIpc) is 1.57. The molecule has 0 aliphatic carbocycles. The van der Waals surface area contributed by atoms with Gasteiger partial charge in [0.2, 0.25) is 0 Å². The smallest absolute Gasteiger partial charge is 0.130 e. The molecule has 2 aliphatic heterocycles. The Morgan fingerprint density at radius 3 is 2.67 bits per heavy atom. The van der Waals surface area contributed by atoms with Crippen LogP contribution in [0.2, 0.25) is 0 Å². The van der Waals surface area contributed by atoms with Crippen molar-refractivity contribution in [2.45, 2.75) is 6.04 Å². The molecule has 0 aromatic rings. The van der Waals surface area contributed by atoms with Gasteiger partial charge >= 0.3 is 0 Å². The van der Waals surface area contributed by atoms with Crippen LogP contribution in [-0.2, 0) is 9.47 Å². The molecule has 0 bridgehead atoms. The Bertz CT molecular complexity index is 140. The van der Waals surface area contributed by atoms with Gasteiger partial charge in [0.25, 0.3) is 0 Å². The largest absolute Gasteiger partial charge is 0.493 e. The van der Waals surface area contributed by atoms with Crippen molar-refractivity contribution in [1.82, 2.24) is 5.32 Å². The summed E-state index contributed by atoms with van der Waals surface area (Å²) in [6.45, 7) is 2.44. The summed E-state index contributed by atoms with van der Waals surface area (Å²) in [4.78, 5) is 0. The van der Waals surface area contributed by atoms with E-state index in [9.17, 15) is 0 Å². The lowest BCUT2D eigenvalue weighted by Gasteiger charge is -2.30. The standard InChI is InChI=1S/C6H9NO2/c1-5(2-8-1)7-6-3-9-4-6/h1,6-7H,2-4H2. The Morgan fingerprint density at radius 1 is 1.56 bits per heavy atom. The number of rotatable bonds is 2. The van der Waals surface area contributed by atoms with Crippen LogP contribution in [0.1, 0.15) is 0 Å². The maximum atomic E-state index is 4.97. The molecule has 0 radical (unpaired) electrons. The zero-order valence-electron chi connectivity index (χ0n) is 5.09. The molecule has 3 heteroatoms. The van der Waals surface area contributed by atoms with Crippen LogP contribution in [0.15, 0.2) is 12.0 Å². The SMILES string of the molecule is C1=C(NC2COC2)CO1. The van der Waals surface area contributed by atoms with Crippen molar-refractivity contribution in [3.05, 3.63) is 12.0 Å². The van der Waals surface area contributed by atoms with Gasteiger partial charge in [-0.05, 0) is 0 Å². The van der Waals surface area contributed by atoms with Gasteiger partial charge in [0.15, 0.2) is 0 Å². The third kappa shape index (κ3) is 0.876. The predicted molar refractivity (Wildman–Crippen MR) is 31.8 cm³/mol. The van der Waals surface area contributed by atoms with Gasteiger partial charge in [0.1, 0.15) is 12.9 Å². The van der Waals surface area contributed by atoms with E-state index in [2.05, 4.69) is 5.32 Å². The minimum atomic E-state index is 0.542. The Morgan fingerprint density at radius 2 is 2.33 bits per heavy atom. The normalized spacial score (nSPS) is 25.1. The van der Waals surface area contributed by atoms with Crippen molar-refractivity contribution < 1.29 is 9.47 Å². The number of hydrogen-bond donors (Lipinski definition) is 1. The number of ether oxygens (including phenoxy) is 2. The van der Waals surface area contributed by atoms with E-state index < -0.39 is 0 Å². The molecule has 0 unspecified atom stereocenters. The molecule has 50 valence electrons. The fourth-order valence-corrected chi connectivity index (χ4v) is 0.824. The minimum absolute atomic E-state index is 0.542. The number of nitrogens with one attached hydrogen (secondary N) is 1. The molecule has 0 saturated carbocycles. The zero-order chi connectivity index (χ0) is 6.10. The maximum absolute atomic E-state index is 4.97. The van der Waals surface area contributed by atoms with Crippen molar-refractivity contribution in [3.8, 4) is 0 Å². The van der Waals surface area contributed by atoms with Gasteiger partial charge in [-0.3, -0.25) is 0 Å². The summed E-state index contributed by atoms with van der Waals surface area (Å²) < 4.78 is 9.81. The topological polar surface area (TPSA) is 30.5 Å². The van der Waals surface area contributed by atoms with Crippen LogP contribution in [-0.4, -0.2) is 25.9 Å². The lowest BCUT2D eigenvalue weighted by molar-refractivity contribution is -0.00465. The highest BCUT2D eigenvalue weighted by molar-refractivity contribution is 5.05. The molecule has 0 atom stereocenters. The summed E-state index contributed by atoms with van der Waals surface area (Å²) in [5.41, 5.74) is 1.20. The summed E-state index contributed by atoms with van der Waals surface area (Å²) >= 11 is 0. The molecule has 9 heavy (non-hydrogen) atoms. The van der Waals surface area contributed by atoms with E-state index >= 15 is 0 Å². The monoisotopic (exact) mass is 127 g/mol. The van der Waals surface area contributed by atoms with Crippen LogP contribution in [0, 0.1) is 0 Å². The Balaban J connectivity index is 1.76. The molecule has 0 spiro atoms. The van der Waals surface area contributed by atoms with Gasteiger partial charge in [-0.15, -0.1) is 0 Å². The summed E-state index contributed by atoms with van der Waals surface area (Å²) in [5.74, 6) is 0. The van der Waals surface area contributed by atoms with Crippen molar-refractivity contribution >= 4 is 0 Å². The van der Waals surface area contributed by atoms with Gasteiger partial charge in [0, 0.05) is 0 Å². The molecule has 2 aliphatic rings. The van der Waals surface area contributed by atoms with E-state index in [1.807, 2.05) is 0 Å². The van der Waals surface area contributed by atoms with E-state index in [-0.39, 0.29) is 0 Å². The second-order valence-corrected chi connectivity index (χ2v) is 2.33. The molecule has 1 N–H and O–H groups in total. The van der Waals surface area contributed by atoms with E-state index in [0.717, 1.165) is 19.8 Å². The van der Waals surface area contributed by atoms with Crippen molar-refractivity contribution in [3.63, 3.8) is 0 Å². The van der Waals surface area contributed by atoms with Gasteiger partial charge in [-0.1, -0.05) is 0 Å². The Hall–Kier alpha value is -0.700. The van der Waals surface area contributed by atoms with Crippen LogP contribution in [0.3, 0.4) is 0 Å². The first kappa shape index (κ1) is 5.11. The predicted octanol–water partition coefficient (Wildman–Crippen LogP) is -0.154. The van der Waals surface area contributed by atoms with E-state index in [0.29, 0.717) is 6.04 Å². The van der Waals surface area contributed by atoms with Crippen molar-refractivity contribution in [1.29, 1.82) is 0 Å². The summed E-state index contributed by atoms with van der Waals surface area (Å²) in [6, 6.07) is 0.542. The molecular weight excluding hydrogens is 118 g/mol. The van der Waals surface area contributed by atoms with Crippen LogP contribution in [0.4, 0.5) is 0 Å². The molecule has 3 nitrogen and oxygen atoms in total. The van der Waals surface area contributed by atoms with Gasteiger partial charge in [-0.2, -0.15) is 0 Å². The lowest BCUT2D eigenvalue weighted by Crippen LogP contribution is -2.47. The third-order valence-electron chi connectivity index (χ3n) is 1.49. The number of hydrogen-bond acceptors (Lipinski definition) is 3. The molecule has 0 aromatic carbocycles. The zero-order valence-corrected chi connectivity index (χ0v) is 5.09. The first-order valence-electron chi connectivity index (χ1n) is 3.10. The maximum Gasteiger partial charge on any atom is 0.130 e. The third-order valence-corrected chi connectivity index (χ3v) is 1.49. The first-order chi connectivity index (χ1) is 4.45. The average molecular weight is 127 g/mol. The van der Waals surface area contributed by atoms with E-state index in [1.165, 1.54) is 5.70 Å². The Labute approximate surface area is 53.6 Å². The second-order valence-electron chi connectivity index (χ2n) is 2.33. The fraction of sp³-hybridized carbons (Fsp3) is 0.667. The van der Waals surface area contributed by atoms with E-state index in [4.69, 9.17) is 9.47 Å². The first-order valence-corrected chi connectivity index (χ1v) is 3.10. The minimum Gasteiger partial charge on any atom is -0.493 e. The molecule has 0 aromatic heterocycles.